The summed E-state index contributed by atoms with van der Waals surface area (Å²) in [5.41, 5.74) is 2.65. The van der Waals surface area contributed by atoms with E-state index in [9.17, 15) is 19.2 Å². The molecular weight excluding hydrogens is 633 g/mol. The van der Waals surface area contributed by atoms with Gasteiger partial charge in [-0.05, 0) is 28.8 Å². The lowest BCUT2D eigenvalue weighted by Gasteiger charge is -2.49. The molecule has 2 aliphatic rings. The number of fused-ring (bicyclic) bond motifs is 2. The maximum Gasteiger partial charge on any atom is 0.356 e. The van der Waals surface area contributed by atoms with Gasteiger partial charge < -0.3 is 15.0 Å². The van der Waals surface area contributed by atoms with E-state index in [4.69, 9.17) is 4.74 Å². The Morgan fingerprint density at radius 3 is 2.19 bits per heavy atom. The van der Waals surface area contributed by atoms with E-state index in [1.54, 1.807) is 24.3 Å². The first kappa shape index (κ1) is 30.5. The highest BCUT2D eigenvalue weighted by molar-refractivity contribution is 8.06. The molecule has 5 aromatic rings. The van der Waals surface area contributed by atoms with E-state index in [1.165, 1.54) is 16.7 Å². The molecule has 1 unspecified atom stereocenters. The standard InChI is InChI=1S/C36H28N4O5S2/c41-28(20-22-12-4-1-5-13-22)38-29-33(43)40-30(35(44)45-31(23-14-6-2-7-15-23)24-16-8-3-9-17-24)27(21-46-34(29)40)47-36-37-26-19-11-10-18-25(26)32(42)39-36/h1-19,29,31,34H,20-21H2,(H,38,41)(H,37,39,42)/t29?,34-/m1/s1. The van der Waals surface area contributed by atoms with Crippen LogP contribution in [0.3, 0.4) is 0 Å². The lowest BCUT2D eigenvalue weighted by atomic mass is 10.0. The molecule has 0 spiro atoms. The van der Waals surface area contributed by atoms with Gasteiger partial charge in [-0.1, -0.05) is 115 Å². The summed E-state index contributed by atoms with van der Waals surface area (Å²) in [7, 11) is 0. The average Bonchev–Trinajstić information content (AvgIpc) is 3.10. The molecule has 0 bridgehead atoms. The number of H-pyrrole nitrogens is 1. The number of β-lactam (4-membered cyclic amide) rings is 1. The largest absolute Gasteiger partial charge is 0.448 e. The van der Waals surface area contributed by atoms with E-state index in [0.717, 1.165) is 28.5 Å². The number of hydrogen-bond donors (Lipinski definition) is 2. The molecular formula is C36H28N4O5S2. The number of ether oxygens (including phenoxy) is 1. The summed E-state index contributed by atoms with van der Waals surface area (Å²) in [5.74, 6) is -1.06. The Morgan fingerprint density at radius 1 is 0.894 bits per heavy atom. The van der Waals surface area contributed by atoms with Crippen LogP contribution in [0.25, 0.3) is 10.9 Å². The van der Waals surface area contributed by atoms with Crippen LogP contribution in [-0.2, 0) is 25.5 Å². The third-order valence-corrected chi connectivity index (χ3v) is 10.3. The van der Waals surface area contributed by atoms with Gasteiger partial charge in [-0.3, -0.25) is 19.3 Å². The molecule has 7 rings (SSSR count). The topological polar surface area (TPSA) is 121 Å². The van der Waals surface area contributed by atoms with E-state index in [-0.39, 0.29) is 28.7 Å². The molecule has 2 aliphatic heterocycles. The van der Waals surface area contributed by atoms with Gasteiger partial charge in [-0.15, -0.1) is 11.8 Å². The lowest BCUT2D eigenvalue weighted by Crippen LogP contribution is -2.70. The monoisotopic (exact) mass is 660 g/mol. The number of carbonyl (C=O) groups excluding carboxylic acids is 3. The number of hydrogen-bond acceptors (Lipinski definition) is 8. The number of aromatic amines is 1. The number of benzene rings is 4. The fourth-order valence-electron chi connectivity index (χ4n) is 5.64. The van der Waals surface area contributed by atoms with Gasteiger partial charge in [0.1, 0.15) is 17.1 Å². The van der Waals surface area contributed by atoms with Crippen molar-refractivity contribution in [3.05, 3.63) is 153 Å². The van der Waals surface area contributed by atoms with Crippen molar-refractivity contribution in [2.75, 3.05) is 5.75 Å². The van der Waals surface area contributed by atoms with Crippen LogP contribution < -0.4 is 10.9 Å². The molecule has 0 aliphatic carbocycles. The van der Waals surface area contributed by atoms with E-state index in [1.807, 2.05) is 91.0 Å². The maximum absolute atomic E-state index is 14.3. The van der Waals surface area contributed by atoms with Crippen molar-refractivity contribution in [3.8, 4) is 0 Å². The molecule has 11 heteroatoms. The molecule has 1 saturated heterocycles. The Morgan fingerprint density at radius 2 is 1.51 bits per heavy atom. The summed E-state index contributed by atoms with van der Waals surface area (Å²) < 4.78 is 6.23. The minimum absolute atomic E-state index is 0.0741. The summed E-state index contributed by atoms with van der Waals surface area (Å²) in [6.45, 7) is 0. The second-order valence-electron chi connectivity index (χ2n) is 11.0. The van der Waals surface area contributed by atoms with Crippen LogP contribution >= 0.6 is 23.5 Å². The molecule has 3 heterocycles. The maximum atomic E-state index is 14.3. The summed E-state index contributed by atoms with van der Waals surface area (Å²) in [4.78, 5) is 63.1. The lowest BCUT2D eigenvalue weighted by molar-refractivity contribution is -0.154. The number of amides is 2. The highest BCUT2D eigenvalue weighted by Crippen LogP contribution is 2.45. The van der Waals surface area contributed by atoms with Gasteiger partial charge in [-0.2, -0.15) is 0 Å². The highest BCUT2D eigenvalue weighted by atomic mass is 32.2. The first-order chi connectivity index (χ1) is 23.0. The quantitative estimate of drug-likeness (QED) is 0.126. The molecule has 2 amide bonds. The predicted octanol–water partition coefficient (Wildman–Crippen LogP) is 5.20. The SMILES string of the molecule is O=C(Cc1ccccc1)NC1C(=O)N2C(C(=O)OC(c3ccccc3)c3ccccc3)=C(Sc3nc4ccccc4c(=O)[nH]3)CS[C@H]12. The van der Waals surface area contributed by atoms with Crippen LogP contribution in [0.15, 0.2) is 136 Å². The Balaban J connectivity index is 1.22. The van der Waals surface area contributed by atoms with Gasteiger partial charge in [0.25, 0.3) is 11.5 Å². The summed E-state index contributed by atoms with van der Waals surface area (Å²) >= 11 is 2.54. The summed E-state index contributed by atoms with van der Waals surface area (Å²) in [6, 6.07) is 34.3. The third-order valence-electron chi connectivity index (χ3n) is 7.89. The fraction of sp³-hybridized carbons (Fsp3) is 0.139. The molecule has 0 radical (unpaired) electrons. The molecule has 9 nitrogen and oxygen atoms in total. The third kappa shape index (κ3) is 6.32. The normalized spacial score (nSPS) is 17.3. The molecule has 4 aromatic carbocycles. The molecule has 47 heavy (non-hydrogen) atoms. The van der Waals surface area contributed by atoms with E-state index in [2.05, 4.69) is 15.3 Å². The number of rotatable bonds is 9. The predicted molar refractivity (Wildman–Crippen MR) is 181 cm³/mol. The van der Waals surface area contributed by atoms with E-state index in [0.29, 0.717) is 21.6 Å². The second kappa shape index (κ2) is 13.3. The summed E-state index contributed by atoms with van der Waals surface area (Å²) in [5, 5.41) is 3.09. The summed E-state index contributed by atoms with van der Waals surface area (Å²) in [6.07, 6.45) is -0.613. The van der Waals surface area contributed by atoms with Gasteiger partial charge in [0, 0.05) is 10.7 Å². The van der Waals surface area contributed by atoms with E-state index < -0.39 is 29.4 Å². The Hall–Kier alpha value is -5.13. The number of aromatic nitrogens is 2. The van der Waals surface area contributed by atoms with Gasteiger partial charge in [-0.25, -0.2) is 9.78 Å². The van der Waals surface area contributed by atoms with Crippen LogP contribution in [0, 0.1) is 0 Å². The smallest absolute Gasteiger partial charge is 0.356 e. The van der Waals surface area contributed by atoms with E-state index >= 15 is 0 Å². The minimum Gasteiger partial charge on any atom is -0.448 e. The zero-order valence-electron chi connectivity index (χ0n) is 24.9. The second-order valence-corrected chi connectivity index (χ2v) is 13.2. The zero-order chi connectivity index (χ0) is 32.3. The van der Waals surface area contributed by atoms with Crippen LogP contribution in [0.5, 0.6) is 0 Å². The number of nitrogens with zero attached hydrogens (tertiary/aromatic N) is 2. The van der Waals surface area contributed by atoms with Crippen molar-refractivity contribution in [2.24, 2.45) is 0 Å². The Bertz CT molecular complexity index is 2010. The van der Waals surface area contributed by atoms with Gasteiger partial charge in [0.05, 0.1) is 17.3 Å². The van der Waals surface area contributed by atoms with Crippen molar-refractivity contribution in [1.29, 1.82) is 0 Å². The number of esters is 1. The van der Waals surface area contributed by atoms with Crippen molar-refractivity contribution in [3.63, 3.8) is 0 Å². The first-order valence-electron chi connectivity index (χ1n) is 14.9. The highest BCUT2D eigenvalue weighted by Gasteiger charge is 2.55. The molecule has 2 N–H and O–H groups in total. The zero-order valence-corrected chi connectivity index (χ0v) is 26.5. The van der Waals surface area contributed by atoms with Crippen molar-refractivity contribution >= 4 is 52.2 Å². The molecule has 0 saturated carbocycles. The Kier molecular flexibility index (Phi) is 8.64. The van der Waals surface area contributed by atoms with Crippen LogP contribution in [-0.4, -0.2) is 49.8 Å². The number of nitrogens with one attached hydrogen (secondary N) is 2. The van der Waals surface area contributed by atoms with Crippen LogP contribution in [0.2, 0.25) is 0 Å². The van der Waals surface area contributed by atoms with Crippen molar-refractivity contribution in [1.82, 2.24) is 20.2 Å². The molecule has 1 aromatic heterocycles. The Labute approximate surface area is 278 Å². The number of thioether (sulfide) groups is 2. The molecule has 234 valence electrons. The van der Waals surface area contributed by atoms with Gasteiger partial charge >= 0.3 is 5.97 Å². The minimum atomic E-state index is -0.803. The van der Waals surface area contributed by atoms with Gasteiger partial charge in [0.2, 0.25) is 5.91 Å². The number of para-hydroxylation sites is 1. The van der Waals surface area contributed by atoms with Gasteiger partial charge in [0.15, 0.2) is 11.3 Å². The fourth-order valence-corrected chi connectivity index (χ4v) is 8.08. The average molecular weight is 661 g/mol. The van der Waals surface area contributed by atoms with Crippen molar-refractivity contribution < 1.29 is 19.1 Å². The molecule has 1 fully saturated rings. The van der Waals surface area contributed by atoms with Crippen LogP contribution in [0.1, 0.15) is 22.8 Å². The number of carbonyl (C=O) groups is 3. The first-order valence-corrected chi connectivity index (χ1v) is 16.8. The molecule has 2 atom stereocenters. The van der Waals surface area contributed by atoms with Crippen LogP contribution in [0.4, 0.5) is 0 Å². The van der Waals surface area contributed by atoms with Crippen molar-refractivity contribution in [2.45, 2.75) is 29.1 Å².